The number of rotatable bonds is 4. The minimum Gasteiger partial charge on any atom is -0.370 e. The molecule has 2 aliphatic rings. The van der Waals surface area contributed by atoms with Crippen molar-refractivity contribution in [2.75, 3.05) is 50.7 Å². The van der Waals surface area contributed by atoms with Gasteiger partial charge in [0.2, 0.25) is 0 Å². The number of anilines is 1. The van der Waals surface area contributed by atoms with Crippen LogP contribution in [0.25, 0.3) is 0 Å². The lowest BCUT2D eigenvalue weighted by Gasteiger charge is -2.35. The highest BCUT2D eigenvalue weighted by atomic mass is 32.1. The number of guanidine groups is 1. The van der Waals surface area contributed by atoms with Crippen LogP contribution in [0.3, 0.4) is 0 Å². The van der Waals surface area contributed by atoms with Crippen LogP contribution < -0.4 is 10.6 Å². The number of benzene rings is 1. The highest BCUT2D eigenvalue weighted by Crippen LogP contribution is 2.19. The van der Waals surface area contributed by atoms with Crippen molar-refractivity contribution in [3.63, 3.8) is 0 Å². The summed E-state index contributed by atoms with van der Waals surface area (Å²) in [6, 6.07) is 8.74. The lowest BCUT2D eigenvalue weighted by Crippen LogP contribution is -2.51. The number of fused-ring (bicyclic) bond motifs is 1. The number of thiazole rings is 1. The van der Waals surface area contributed by atoms with Gasteiger partial charge in [-0.15, -0.1) is 11.3 Å². The van der Waals surface area contributed by atoms with Gasteiger partial charge in [0.05, 0.1) is 6.54 Å². The van der Waals surface area contributed by atoms with Crippen molar-refractivity contribution in [1.29, 1.82) is 0 Å². The third-order valence-corrected chi connectivity index (χ3v) is 6.03. The molecule has 0 saturated carbocycles. The summed E-state index contributed by atoms with van der Waals surface area (Å²) in [5.41, 5.74) is 9.17. The van der Waals surface area contributed by atoms with Crippen molar-refractivity contribution in [3.8, 4) is 0 Å². The average molecular weight is 371 g/mol. The summed E-state index contributed by atoms with van der Waals surface area (Å²) in [7, 11) is 0. The summed E-state index contributed by atoms with van der Waals surface area (Å²) < 4.78 is 0. The second-order valence-corrected chi connectivity index (χ2v) is 7.70. The molecule has 0 radical (unpaired) electrons. The van der Waals surface area contributed by atoms with Crippen molar-refractivity contribution in [2.24, 2.45) is 10.7 Å². The molecule has 2 aliphatic heterocycles. The summed E-state index contributed by atoms with van der Waals surface area (Å²) in [5, 5.41) is 3.13. The maximum absolute atomic E-state index is 6.23. The molecule has 1 aromatic carbocycles. The monoisotopic (exact) mass is 370 g/mol. The molecule has 138 valence electrons. The molecule has 1 saturated heterocycles. The molecule has 3 heterocycles. The first-order chi connectivity index (χ1) is 12.8. The molecule has 0 amide bonds. The van der Waals surface area contributed by atoms with Crippen LogP contribution in [-0.4, -0.2) is 66.6 Å². The molecule has 2 aromatic rings. The highest BCUT2D eigenvalue weighted by Gasteiger charge is 2.20. The van der Waals surface area contributed by atoms with Gasteiger partial charge >= 0.3 is 0 Å². The molecule has 0 aliphatic carbocycles. The molecule has 26 heavy (non-hydrogen) atoms. The fourth-order valence-electron chi connectivity index (χ4n) is 3.65. The number of piperazine rings is 1. The van der Waals surface area contributed by atoms with Crippen molar-refractivity contribution in [2.45, 2.75) is 13.0 Å². The molecule has 6 nitrogen and oxygen atoms in total. The van der Waals surface area contributed by atoms with Gasteiger partial charge in [0.1, 0.15) is 0 Å². The molecular weight excluding hydrogens is 344 g/mol. The van der Waals surface area contributed by atoms with Crippen molar-refractivity contribution < 1.29 is 0 Å². The van der Waals surface area contributed by atoms with E-state index < -0.39 is 0 Å². The van der Waals surface area contributed by atoms with E-state index in [0.717, 1.165) is 63.9 Å². The summed E-state index contributed by atoms with van der Waals surface area (Å²) in [6.45, 7) is 7.59. The molecule has 4 rings (SSSR count). The van der Waals surface area contributed by atoms with Gasteiger partial charge in [0.15, 0.2) is 11.1 Å². The largest absolute Gasteiger partial charge is 0.370 e. The second kappa shape index (κ2) is 8.05. The number of aliphatic imine (C=N–C) groups is 1. The summed E-state index contributed by atoms with van der Waals surface area (Å²) >= 11 is 1.69. The number of hydrogen-bond donors (Lipinski definition) is 1. The number of nitrogens with two attached hydrogens (primary N) is 1. The van der Waals surface area contributed by atoms with E-state index in [1.54, 1.807) is 11.3 Å². The Hall–Kier alpha value is -2.12. The molecule has 1 fully saturated rings. The van der Waals surface area contributed by atoms with E-state index in [2.05, 4.69) is 48.9 Å². The quantitative estimate of drug-likeness (QED) is 0.655. The van der Waals surface area contributed by atoms with Gasteiger partial charge in [0.25, 0.3) is 0 Å². The van der Waals surface area contributed by atoms with Crippen LogP contribution in [0.1, 0.15) is 11.1 Å². The van der Waals surface area contributed by atoms with Crippen molar-refractivity contribution in [3.05, 3.63) is 47.0 Å². The standard InChI is InChI=1S/C19H26N6S/c20-18(24-10-12-25(13-11-24)19-22-7-14-26-19)21-6-9-23-8-5-16-3-1-2-4-17(16)15-23/h1-4,7,14H,5-6,8-13,15H2,(H2,20,21). The first kappa shape index (κ1) is 17.3. The fourth-order valence-corrected chi connectivity index (χ4v) is 4.35. The normalized spacial score (nSPS) is 18.8. The van der Waals surface area contributed by atoms with E-state index in [-0.39, 0.29) is 0 Å². The van der Waals surface area contributed by atoms with Gasteiger partial charge in [-0.3, -0.25) is 9.89 Å². The van der Waals surface area contributed by atoms with E-state index in [4.69, 9.17) is 5.73 Å². The predicted molar refractivity (Wildman–Crippen MR) is 108 cm³/mol. The third kappa shape index (κ3) is 3.99. The van der Waals surface area contributed by atoms with Gasteiger partial charge in [-0.25, -0.2) is 4.98 Å². The number of nitrogens with zero attached hydrogens (tertiary/aromatic N) is 5. The van der Waals surface area contributed by atoms with Gasteiger partial charge in [0, 0.05) is 57.4 Å². The molecule has 0 bridgehead atoms. The van der Waals surface area contributed by atoms with E-state index in [1.807, 2.05) is 11.6 Å². The van der Waals surface area contributed by atoms with Gasteiger partial charge in [-0.2, -0.15) is 0 Å². The maximum Gasteiger partial charge on any atom is 0.191 e. The Kier molecular flexibility index (Phi) is 5.36. The summed E-state index contributed by atoms with van der Waals surface area (Å²) in [4.78, 5) is 16.0. The Morgan fingerprint density at radius 1 is 1.12 bits per heavy atom. The van der Waals surface area contributed by atoms with E-state index in [1.165, 1.54) is 11.1 Å². The zero-order chi connectivity index (χ0) is 17.8. The van der Waals surface area contributed by atoms with Gasteiger partial charge in [-0.1, -0.05) is 24.3 Å². The Bertz CT molecular complexity index is 736. The molecule has 0 spiro atoms. The van der Waals surface area contributed by atoms with Crippen LogP contribution in [0.4, 0.5) is 5.13 Å². The third-order valence-electron chi connectivity index (χ3n) is 5.19. The molecule has 2 N–H and O–H groups in total. The Morgan fingerprint density at radius 3 is 2.69 bits per heavy atom. The lowest BCUT2D eigenvalue weighted by molar-refractivity contribution is 0.261. The number of hydrogen-bond acceptors (Lipinski definition) is 5. The van der Waals surface area contributed by atoms with Gasteiger partial charge in [-0.05, 0) is 17.5 Å². The van der Waals surface area contributed by atoms with Crippen LogP contribution in [0, 0.1) is 0 Å². The lowest BCUT2D eigenvalue weighted by atomic mass is 10.0. The topological polar surface area (TPSA) is 61.0 Å². The average Bonchev–Trinajstić information content (AvgIpc) is 3.23. The van der Waals surface area contributed by atoms with Crippen LogP contribution in [0.2, 0.25) is 0 Å². The summed E-state index contributed by atoms with van der Waals surface area (Å²) in [5.74, 6) is 0.682. The zero-order valence-electron chi connectivity index (χ0n) is 15.0. The highest BCUT2D eigenvalue weighted by molar-refractivity contribution is 7.13. The van der Waals surface area contributed by atoms with Crippen LogP contribution in [0.15, 0.2) is 40.8 Å². The molecule has 7 heteroatoms. The maximum atomic E-state index is 6.23. The minimum atomic E-state index is 0.682. The zero-order valence-corrected chi connectivity index (χ0v) is 15.9. The SMILES string of the molecule is NC(=NCCN1CCc2ccccc2C1)N1CCN(c2nccs2)CC1. The molecule has 0 atom stereocenters. The van der Waals surface area contributed by atoms with E-state index >= 15 is 0 Å². The summed E-state index contributed by atoms with van der Waals surface area (Å²) in [6.07, 6.45) is 3.00. The van der Waals surface area contributed by atoms with Crippen molar-refractivity contribution in [1.82, 2.24) is 14.8 Å². The molecule has 0 unspecified atom stereocenters. The Labute approximate surface area is 159 Å². The first-order valence-corrected chi connectivity index (χ1v) is 10.2. The fraction of sp³-hybridized carbons (Fsp3) is 0.474. The second-order valence-electron chi connectivity index (χ2n) is 6.82. The van der Waals surface area contributed by atoms with E-state index in [0.29, 0.717) is 5.96 Å². The molecular formula is C19H26N6S. The molecule has 1 aromatic heterocycles. The van der Waals surface area contributed by atoms with Crippen LogP contribution >= 0.6 is 11.3 Å². The Morgan fingerprint density at radius 2 is 1.92 bits per heavy atom. The smallest absolute Gasteiger partial charge is 0.191 e. The predicted octanol–water partition coefficient (Wildman–Crippen LogP) is 1.64. The van der Waals surface area contributed by atoms with Crippen molar-refractivity contribution >= 4 is 22.4 Å². The minimum absolute atomic E-state index is 0.682. The van der Waals surface area contributed by atoms with Crippen LogP contribution in [0.5, 0.6) is 0 Å². The van der Waals surface area contributed by atoms with Crippen LogP contribution in [-0.2, 0) is 13.0 Å². The van der Waals surface area contributed by atoms with Gasteiger partial charge < -0.3 is 15.5 Å². The van der Waals surface area contributed by atoms with E-state index in [9.17, 15) is 0 Å². The first-order valence-electron chi connectivity index (χ1n) is 9.28. The Balaban J connectivity index is 1.23. The number of aromatic nitrogens is 1.